The Balaban J connectivity index is 0.000000371. The molecule has 58 valence electrons. The van der Waals surface area contributed by atoms with Gasteiger partial charge in [0, 0.05) is 0 Å². The first-order valence-corrected chi connectivity index (χ1v) is 3.52. The van der Waals surface area contributed by atoms with Crippen LogP contribution in [0.3, 0.4) is 0 Å². The van der Waals surface area contributed by atoms with Gasteiger partial charge in [-0.15, -0.1) is 0 Å². The quantitative estimate of drug-likeness (QED) is 0.403. The molecule has 0 aromatic carbocycles. The van der Waals surface area contributed by atoms with E-state index in [4.69, 9.17) is 10.5 Å². The average molecular weight is 142 g/mol. The predicted octanol–water partition coefficient (Wildman–Crippen LogP) is 2.69. The highest BCUT2D eigenvalue weighted by molar-refractivity contribution is 5.03. The second kappa shape index (κ2) is 8.40. The molecule has 0 radical (unpaired) electrons. The van der Waals surface area contributed by atoms with Gasteiger partial charge < -0.3 is 0 Å². The molecule has 2 nitrogen and oxygen atoms in total. The SMILES string of the molecule is C1=CCCCCC=C1.OO. The second-order valence-corrected chi connectivity index (χ2v) is 2.14. The highest BCUT2D eigenvalue weighted by atomic mass is 17.0. The van der Waals surface area contributed by atoms with Crippen LogP contribution in [0, 0.1) is 0 Å². The Bertz CT molecular complexity index is 91.8. The molecular weight excluding hydrogens is 128 g/mol. The van der Waals surface area contributed by atoms with Crippen molar-refractivity contribution in [3.63, 3.8) is 0 Å². The van der Waals surface area contributed by atoms with Crippen LogP contribution >= 0.6 is 0 Å². The zero-order valence-corrected chi connectivity index (χ0v) is 6.03. The summed E-state index contributed by atoms with van der Waals surface area (Å²) in [6, 6.07) is 0. The van der Waals surface area contributed by atoms with Crippen LogP contribution in [0.15, 0.2) is 24.3 Å². The molecule has 0 saturated carbocycles. The first-order valence-electron chi connectivity index (χ1n) is 3.52. The number of allylic oxidation sites excluding steroid dienone is 4. The fourth-order valence-electron chi connectivity index (χ4n) is 0.874. The van der Waals surface area contributed by atoms with Crippen molar-refractivity contribution in [3.8, 4) is 0 Å². The van der Waals surface area contributed by atoms with Gasteiger partial charge in [0.2, 0.25) is 0 Å². The van der Waals surface area contributed by atoms with E-state index < -0.39 is 0 Å². The summed E-state index contributed by atoms with van der Waals surface area (Å²) in [5, 5.41) is 12.0. The molecule has 0 fully saturated rings. The Labute approximate surface area is 61.4 Å². The Morgan fingerprint density at radius 1 is 0.800 bits per heavy atom. The summed E-state index contributed by atoms with van der Waals surface area (Å²) in [4.78, 5) is 0. The van der Waals surface area contributed by atoms with E-state index >= 15 is 0 Å². The summed E-state index contributed by atoms with van der Waals surface area (Å²) in [5.41, 5.74) is 0. The molecule has 0 atom stereocenters. The van der Waals surface area contributed by atoms with Crippen molar-refractivity contribution in [2.45, 2.75) is 25.7 Å². The molecule has 0 aromatic heterocycles. The van der Waals surface area contributed by atoms with Gasteiger partial charge in [-0.05, 0) is 25.7 Å². The molecule has 2 heteroatoms. The lowest BCUT2D eigenvalue weighted by Gasteiger charge is -1.94. The van der Waals surface area contributed by atoms with Crippen molar-refractivity contribution in [2.75, 3.05) is 0 Å². The summed E-state index contributed by atoms with van der Waals surface area (Å²) in [6.07, 6.45) is 14.0. The van der Waals surface area contributed by atoms with Crippen LogP contribution in [0.1, 0.15) is 25.7 Å². The zero-order valence-electron chi connectivity index (χ0n) is 6.03. The molecule has 0 amide bonds. The monoisotopic (exact) mass is 142 g/mol. The van der Waals surface area contributed by atoms with Crippen LogP contribution in [-0.4, -0.2) is 10.5 Å². The first-order chi connectivity index (χ1) is 5.00. The van der Waals surface area contributed by atoms with Gasteiger partial charge in [-0.25, -0.2) is 0 Å². The molecule has 0 aromatic rings. The van der Waals surface area contributed by atoms with Crippen molar-refractivity contribution in [1.82, 2.24) is 0 Å². The molecule has 0 heterocycles. The molecule has 1 aliphatic carbocycles. The molecule has 0 spiro atoms. The number of rotatable bonds is 0. The van der Waals surface area contributed by atoms with E-state index in [1.54, 1.807) is 0 Å². The molecule has 10 heavy (non-hydrogen) atoms. The lowest BCUT2D eigenvalue weighted by Crippen LogP contribution is -1.74. The maximum Gasteiger partial charge on any atom is -0.0347 e. The Hall–Kier alpha value is -0.600. The summed E-state index contributed by atoms with van der Waals surface area (Å²) >= 11 is 0. The van der Waals surface area contributed by atoms with Crippen LogP contribution in [0.5, 0.6) is 0 Å². The van der Waals surface area contributed by atoms with Gasteiger partial charge in [0.15, 0.2) is 0 Å². The molecule has 0 unspecified atom stereocenters. The summed E-state index contributed by atoms with van der Waals surface area (Å²) < 4.78 is 0. The van der Waals surface area contributed by atoms with E-state index in [0.717, 1.165) is 0 Å². The summed E-state index contributed by atoms with van der Waals surface area (Å²) in [5.74, 6) is 0. The van der Waals surface area contributed by atoms with Gasteiger partial charge in [-0.1, -0.05) is 24.3 Å². The van der Waals surface area contributed by atoms with Crippen molar-refractivity contribution in [1.29, 1.82) is 0 Å². The largest absolute Gasteiger partial charge is 0.255 e. The van der Waals surface area contributed by atoms with E-state index in [1.807, 2.05) is 0 Å². The van der Waals surface area contributed by atoms with Crippen molar-refractivity contribution >= 4 is 0 Å². The Morgan fingerprint density at radius 3 is 1.60 bits per heavy atom. The molecule has 1 rings (SSSR count). The van der Waals surface area contributed by atoms with Crippen molar-refractivity contribution in [2.24, 2.45) is 0 Å². The number of hydrogen-bond acceptors (Lipinski definition) is 2. The highest BCUT2D eigenvalue weighted by Gasteiger charge is 1.84. The summed E-state index contributed by atoms with van der Waals surface area (Å²) in [7, 11) is 0. The molecule has 1 aliphatic rings. The minimum absolute atomic E-state index is 1.27. The van der Waals surface area contributed by atoms with Crippen molar-refractivity contribution in [3.05, 3.63) is 24.3 Å². The van der Waals surface area contributed by atoms with Gasteiger partial charge in [-0.3, -0.25) is 10.5 Å². The van der Waals surface area contributed by atoms with E-state index in [9.17, 15) is 0 Å². The van der Waals surface area contributed by atoms with Crippen LogP contribution < -0.4 is 0 Å². The number of hydrogen-bond donors (Lipinski definition) is 2. The lowest BCUT2D eigenvalue weighted by atomic mass is 10.1. The fourth-order valence-corrected chi connectivity index (χ4v) is 0.874. The molecular formula is C8H14O2. The summed E-state index contributed by atoms with van der Waals surface area (Å²) in [6.45, 7) is 0. The molecule has 2 N–H and O–H groups in total. The third kappa shape index (κ3) is 5.54. The minimum Gasteiger partial charge on any atom is -0.255 e. The topological polar surface area (TPSA) is 40.5 Å². The van der Waals surface area contributed by atoms with E-state index in [0.29, 0.717) is 0 Å². The lowest BCUT2D eigenvalue weighted by molar-refractivity contribution is -0.176. The molecule has 0 saturated heterocycles. The van der Waals surface area contributed by atoms with E-state index in [2.05, 4.69) is 24.3 Å². The third-order valence-electron chi connectivity index (χ3n) is 1.37. The van der Waals surface area contributed by atoms with E-state index in [1.165, 1.54) is 25.7 Å². The molecule has 0 bridgehead atoms. The predicted molar refractivity (Wildman–Crippen MR) is 42.0 cm³/mol. The van der Waals surface area contributed by atoms with Crippen molar-refractivity contribution < 1.29 is 10.5 Å². The normalized spacial score (nSPS) is 16.6. The van der Waals surface area contributed by atoms with Crippen LogP contribution in [0.4, 0.5) is 0 Å². The molecule has 0 aliphatic heterocycles. The zero-order chi connectivity index (χ0) is 7.66. The third-order valence-corrected chi connectivity index (χ3v) is 1.37. The van der Waals surface area contributed by atoms with Gasteiger partial charge in [0.05, 0.1) is 0 Å². The van der Waals surface area contributed by atoms with Gasteiger partial charge >= 0.3 is 0 Å². The average Bonchev–Trinajstić information content (AvgIpc) is 1.90. The van der Waals surface area contributed by atoms with Crippen LogP contribution in [0.2, 0.25) is 0 Å². The highest BCUT2D eigenvalue weighted by Crippen LogP contribution is 2.04. The fraction of sp³-hybridized carbons (Fsp3) is 0.500. The van der Waals surface area contributed by atoms with Gasteiger partial charge in [0.1, 0.15) is 0 Å². The van der Waals surface area contributed by atoms with Crippen LogP contribution in [-0.2, 0) is 0 Å². The van der Waals surface area contributed by atoms with Gasteiger partial charge in [-0.2, -0.15) is 0 Å². The standard InChI is InChI=1S/C8H12.H2O2/c1-2-4-6-8-7-5-3-1;1-2/h1-4H,5-8H2;1-2H. The van der Waals surface area contributed by atoms with E-state index in [-0.39, 0.29) is 0 Å². The second-order valence-electron chi connectivity index (χ2n) is 2.14. The first kappa shape index (κ1) is 9.40. The smallest absolute Gasteiger partial charge is 0.0347 e. The maximum atomic E-state index is 6.00. The minimum atomic E-state index is 1.27. The Morgan fingerprint density at radius 2 is 1.20 bits per heavy atom. The maximum absolute atomic E-state index is 6.00. The van der Waals surface area contributed by atoms with Gasteiger partial charge in [0.25, 0.3) is 0 Å². The Kier molecular flexibility index (Phi) is 7.90. The van der Waals surface area contributed by atoms with Crippen LogP contribution in [0.25, 0.3) is 0 Å².